The van der Waals surface area contributed by atoms with E-state index in [1.807, 2.05) is 85.1 Å². The van der Waals surface area contributed by atoms with E-state index in [1.54, 1.807) is 7.11 Å². The lowest BCUT2D eigenvalue weighted by Crippen LogP contribution is -2.38. The lowest BCUT2D eigenvalue weighted by molar-refractivity contribution is -0.141. The van der Waals surface area contributed by atoms with E-state index in [0.29, 0.717) is 18.5 Å². The minimum Gasteiger partial charge on any atom is -0.497 e. The number of esters is 1. The zero-order valence-corrected chi connectivity index (χ0v) is 22.7. The van der Waals surface area contributed by atoms with Crippen LogP contribution in [0.25, 0.3) is 22.0 Å². The van der Waals surface area contributed by atoms with Crippen molar-refractivity contribution in [2.45, 2.75) is 25.4 Å². The highest BCUT2D eigenvalue weighted by Crippen LogP contribution is 2.25. The Labute approximate surface area is 234 Å². The fourth-order valence-electron chi connectivity index (χ4n) is 4.96. The molecule has 6 nitrogen and oxygen atoms in total. The van der Waals surface area contributed by atoms with Gasteiger partial charge in [-0.1, -0.05) is 84.9 Å². The van der Waals surface area contributed by atoms with Crippen LogP contribution in [-0.2, 0) is 22.5 Å². The van der Waals surface area contributed by atoms with Crippen LogP contribution in [0.15, 0.2) is 109 Å². The van der Waals surface area contributed by atoms with Gasteiger partial charge in [-0.25, -0.2) is 0 Å². The maximum Gasteiger partial charge on any atom is 0.307 e. The Kier molecular flexibility index (Phi) is 8.26. The fourth-order valence-corrected chi connectivity index (χ4v) is 4.96. The van der Waals surface area contributed by atoms with Crippen LogP contribution < -0.4 is 10.1 Å². The van der Waals surface area contributed by atoms with Crippen LogP contribution in [0, 0.1) is 0 Å². The molecule has 1 heterocycles. The van der Waals surface area contributed by atoms with Crippen molar-refractivity contribution in [1.29, 1.82) is 0 Å². The second kappa shape index (κ2) is 12.3. The summed E-state index contributed by atoms with van der Waals surface area (Å²) in [4.78, 5) is 25.7. The van der Waals surface area contributed by atoms with Crippen molar-refractivity contribution in [3.63, 3.8) is 0 Å². The van der Waals surface area contributed by atoms with Crippen molar-refractivity contribution >= 4 is 22.8 Å². The average molecular weight is 533 g/mol. The molecule has 1 N–H and O–H groups in total. The van der Waals surface area contributed by atoms with Crippen molar-refractivity contribution < 1.29 is 19.1 Å². The van der Waals surface area contributed by atoms with Crippen molar-refractivity contribution in [2.24, 2.45) is 0 Å². The maximum absolute atomic E-state index is 13.6. The summed E-state index contributed by atoms with van der Waals surface area (Å²) in [5, 5.41) is 3.96. The Morgan fingerprint density at radius 2 is 1.43 bits per heavy atom. The number of methoxy groups -OCH3 is 2. The van der Waals surface area contributed by atoms with E-state index >= 15 is 0 Å². The first-order chi connectivity index (χ1) is 19.5. The monoisotopic (exact) mass is 532 g/mol. The van der Waals surface area contributed by atoms with Gasteiger partial charge in [-0.15, -0.1) is 0 Å². The summed E-state index contributed by atoms with van der Waals surface area (Å²) in [5.74, 6) is 0.257. The number of ether oxygens (including phenoxy) is 2. The predicted molar refractivity (Wildman–Crippen MR) is 158 cm³/mol. The number of rotatable bonds is 10. The molecule has 202 valence electrons. The van der Waals surface area contributed by atoms with E-state index in [-0.39, 0.29) is 18.3 Å². The van der Waals surface area contributed by atoms with Crippen molar-refractivity contribution in [1.82, 2.24) is 9.88 Å². The normalized spacial score (nSPS) is 11.7. The Morgan fingerprint density at radius 3 is 2.10 bits per heavy atom. The van der Waals surface area contributed by atoms with E-state index in [9.17, 15) is 9.59 Å². The van der Waals surface area contributed by atoms with Crippen molar-refractivity contribution in [2.75, 3.05) is 14.2 Å². The van der Waals surface area contributed by atoms with Crippen LogP contribution in [0.3, 0.4) is 0 Å². The first kappa shape index (κ1) is 26.8. The van der Waals surface area contributed by atoms with Crippen LogP contribution in [-0.4, -0.2) is 36.7 Å². The smallest absolute Gasteiger partial charge is 0.307 e. The number of carbonyl (C=O) groups is 2. The number of hydrogen-bond donors (Lipinski definition) is 1. The molecule has 5 rings (SSSR count). The number of hydrogen-bond acceptors (Lipinski definition) is 4. The fraction of sp³-hybridized carbons (Fsp3) is 0.176. The topological polar surface area (TPSA) is 69.6 Å². The molecule has 0 unspecified atom stereocenters. The lowest BCUT2D eigenvalue weighted by Gasteiger charge is -2.18. The largest absolute Gasteiger partial charge is 0.497 e. The van der Waals surface area contributed by atoms with Gasteiger partial charge >= 0.3 is 5.97 Å². The highest BCUT2D eigenvalue weighted by molar-refractivity contribution is 6.07. The first-order valence-electron chi connectivity index (χ1n) is 13.3. The zero-order chi connectivity index (χ0) is 27.9. The molecular weight excluding hydrogens is 500 g/mol. The minimum atomic E-state index is -0.394. The highest BCUT2D eigenvalue weighted by atomic mass is 16.5. The Balaban J connectivity index is 1.36. The molecule has 0 saturated carbocycles. The summed E-state index contributed by atoms with van der Waals surface area (Å²) < 4.78 is 12.3. The Morgan fingerprint density at radius 1 is 0.775 bits per heavy atom. The summed E-state index contributed by atoms with van der Waals surface area (Å²) in [6.45, 7) is 0.617. The van der Waals surface area contributed by atoms with Crippen molar-refractivity contribution in [3.8, 4) is 16.9 Å². The highest BCUT2D eigenvalue weighted by Gasteiger charge is 2.21. The van der Waals surface area contributed by atoms with E-state index in [4.69, 9.17) is 9.47 Å². The number of nitrogens with one attached hydrogen (secondary N) is 1. The van der Waals surface area contributed by atoms with Crippen LogP contribution in [0.5, 0.6) is 5.75 Å². The van der Waals surface area contributed by atoms with Gasteiger partial charge in [0.25, 0.3) is 5.91 Å². The third-order valence-electron chi connectivity index (χ3n) is 7.06. The number of fused-ring (bicyclic) bond motifs is 1. The minimum absolute atomic E-state index is 0.0936. The van der Waals surface area contributed by atoms with Gasteiger partial charge in [-0.2, -0.15) is 0 Å². The van der Waals surface area contributed by atoms with Gasteiger partial charge in [-0.3, -0.25) is 9.59 Å². The van der Waals surface area contributed by atoms with Gasteiger partial charge < -0.3 is 19.4 Å². The number of benzene rings is 4. The standard InChI is InChI=1S/C34H32N2O4/c1-39-29-18-16-27(17-19-29)26-14-12-25(13-15-26)22-36-23-31(30-10-6-7-11-32(30)36)34(38)35-28(21-33(37)40-2)20-24-8-4-3-5-9-24/h3-19,23,28H,20-22H2,1-2H3,(H,35,38)/t28-/m0/s1. The molecule has 0 spiro atoms. The molecule has 6 heteroatoms. The van der Waals surface area contributed by atoms with Crippen LogP contribution in [0.4, 0.5) is 0 Å². The van der Waals surface area contributed by atoms with Gasteiger partial charge in [0, 0.05) is 29.7 Å². The summed E-state index contributed by atoms with van der Waals surface area (Å²) >= 11 is 0. The van der Waals surface area contributed by atoms with E-state index in [0.717, 1.165) is 38.9 Å². The van der Waals surface area contributed by atoms with Gasteiger partial charge in [0.05, 0.1) is 26.2 Å². The number of amides is 1. The molecule has 1 atom stereocenters. The van der Waals surface area contributed by atoms with Crippen LogP contribution in [0.1, 0.15) is 27.9 Å². The first-order valence-corrected chi connectivity index (χ1v) is 13.3. The zero-order valence-electron chi connectivity index (χ0n) is 22.7. The summed E-state index contributed by atoms with van der Waals surface area (Å²) in [5.41, 5.74) is 5.95. The molecule has 4 aromatic carbocycles. The number of carbonyl (C=O) groups excluding carboxylic acids is 2. The maximum atomic E-state index is 13.6. The molecule has 1 aromatic heterocycles. The van der Waals surface area contributed by atoms with E-state index in [2.05, 4.69) is 34.1 Å². The van der Waals surface area contributed by atoms with Gasteiger partial charge in [0.2, 0.25) is 0 Å². The molecular formula is C34H32N2O4. The summed E-state index contributed by atoms with van der Waals surface area (Å²) in [6, 6.07) is 33.8. The third kappa shape index (κ3) is 6.24. The molecule has 0 aliphatic heterocycles. The number of aromatic nitrogens is 1. The molecule has 0 aliphatic carbocycles. The SMILES string of the molecule is COC(=O)C[C@H](Cc1ccccc1)NC(=O)c1cn(Cc2ccc(-c3ccc(OC)cc3)cc2)c2ccccc12. The molecule has 0 fully saturated rings. The molecule has 0 radical (unpaired) electrons. The molecule has 0 aliphatic rings. The lowest BCUT2D eigenvalue weighted by atomic mass is 10.0. The second-order valence-electron chi connectivity index (χ2n) is 9.75. The van der Waals surface area contributed by atoms with Gasteiger partial charge in [0.1, 0.15) is 5.75 Å². The Hall–Kier alpha value is -4.84. The van der Waals surface area contributed by atoms with Gasteiger partial charge in [-0.05, 0) is 46.9 Å². The van der Waals surface area contributed by atoms with Crippen LogP contribution >= 0.6 is 0 Å². The summed E-state index contributed by atoms with van der Waals surface area (Å²) in [7, 11) is 3.02. The second-order valence-corrected chi connectivity index (χ2v) is 9.75. The molecule has 1 amide bonds. The van der Waals surface area contributed by atoms with E-state index < -0.39 is 6.04 Å². The molecule has 0 saturated heterocycles. The molecule has 40 heavy (non-hydrogen) atoms. The third-order valence-corrected chi connectivity index (χ3v) is 7.06. The predicted octanol–water partition coefficient (Wildman–Crippen LogP) is 6.27. The average Bonchev–Trinajstić information content (AvgIpc) is 3.36. The Bertz CT molecular complexity index is 1590. The summed E-state index contributed by atoms with van der Waals surface area (Å²) in [6.07, 6.45) is 2.52. The number of nitrogens with zero attached hydrogens (tertiary/aromatic N) is 1. The van der Waals surface area contributed by atoms with Crippen molar-refractivity contribution in [3.05, 3.63) is 126 Å². The van der Waals surface area contributed by atoms with E-state index in [1.165, 1.54) is 7.11 Å². The quantitative estimate of drug-likeness (QED) is 0.215. The molecule has 0 bridgehead atoms. The number of para-hydroxylation sites is 1. The van der Waals surface area contributed by atoms with Crippen LogP contribution in [0.2, 0.25) is 0 Å². The molecule has 5 aromatic rings. The van der Waals surface area contributed by atoms with Gasteiger partial charge in [0.15, 0.2) is 0 Å².